The van der Waals surface area contributed by atoms with Gasteiger partial charge in [0.2, 0.25) is 15.2 Å². The zero-order chi connectivity index (χ0) is 31.3. The molecule has 0 bridgehead atoms. The summed E-state index contributed by atoms with van der Waals surface area (Å²) in [6.07, 6.45) is 9.27. The number of carbonyl (C=O) groups is 1. The summed E-state index contributed by atoms with van der Waals surface area (Å²) in [6, 6.07) is 11.9. The van der Waals surface area contributed by atoms with Crippen LogP contribution in [0.25, 0.3) is 16.4 Å². The minimum Gasteiger partial charge on any atom is -0.476 e. The van der Waals surface area contributed by atoms with Gasteiger partial charge in [-0.2, -0.15) is 5.10 Å². The van der Waals surface area contributed by atoms with Crippen LogP contribution in [-0.2, 0) is 22.9 Å². The molecule has 3 aliphatic carbocycles. The quantitative estimate of drug-likeness (QED) is 0.187. The van der Waals surface area contributed by atoms with E-state index < -0.39 is 26.7 Å². The smallest absolute Gasteiger partial charge is 0.355 e. The molecule has 3 aliphatic rings. The first-order valence-electron chi connectivity index (χ1n) is 15.4. The van der Waals surface area contributed by atoms with E-state index in [1.807, 2.05) is 24.3 Å². The van der Waals surface area contributed by atoms with E-state index in [2.05, 4.69) is 16.8 Å². The molecule has 8 nitrogen and oxygen atoms in total. The van der Waals surface area contributed by atoms with Crippen LogP contribution in [0.4, 0.5) is 4.39 Å². The highest BCUT2D eigenvalue weighted by molar-refractivity contribution is 7.89. The minimum atomic E-state index is -4.21. The number of nitrogens with two attached hydrogens (primary N) is 1. The van der Waals surface area contributed by atoms with Crippen LogP contribution in [-0.4, -0.2) is 34.3 Å². The molecule has 7 rings (SSSR count). The first kappa shape index (κ1) is 29.8. The highest BCUT2D eigenvalue weighted by atomic mass is 32.2. The van der Waals surface area contributed by atoms with Gasteiger partial charge in [-0.1, -0.05) is 42.9 Å². The summed E-state index contributed by atoms with van der Waals surface area (Å²) in [4.78, 5) is 15.5. The molecule has 3 N–H and O–H groups in total. The summed E-state index contributed by atoms with van der Waals surface area (Å²) in [5, 5.41) is 21.7. The van der Waals surface area contributed by atoms with Crippen LogP contribution in [0.15, 0.2) is 52.7 Å². The highest BCUT2D eigenvalue weighted by Gasteiger charge is 2.40. The number of primary sulfonamides is 1. The lowest BCUT2D eigenvalue weighted by Crippen LogP contribution is -2.14. The molecule has 11 heteroatoms. The van der Waals surface area contributed by atoms with Gasteiger partial charge in [0.15, 0.2) is 5.69 Å². The van der Waals surface area contributed by atoms with Gasteiger partial charge in [0.25, 0.3) is 0 Å². The number of nitrogens with zero attached hydrogens (tertiary/aromatic N) is 3. The predicted octanol–water partition coefficient (Wildman–Crippen LogP) is 6.20. The first-order valence-corrected chi connectivity index (χ1v) is 17.8. The second-order valence-corrected chi connectivity index (χ2v) is 14.9. The van der Waals surface area contributed by atoms with Crippen molar-refractivity contribution in [1.82, 2.24) is 14.8 Å². The number of benzene rings is 2. The Kier molecular flexibility index (Phi) is 7.84. The van der Waals surface area contributed by atoms with Gasteiger partial charge in [-0.3, -0.25) is 0 Å². The maximum absolute atomic E-state index is 14.9. The van der Waals surface area contributed by atoms with E-state index in [0.29, 0.717) is 34.6 Å². The van der Waals surface area contributed by atoms with Gasteiger partial charge >= 0.3 is 5.97 Å². The van der Waals surface area contributed by atoms with Crippen molar-refractivity contribution in [3.63, 3.8) is 0 Å². The summed E-state index contributed by atoms with van der Waals surface area (Å²) in [5.41, 5.74) is 4.64. The molecule has 0 unspecified atom stereocenters. The lowest BCUT2D eigenvalue weighted by Gasteiger charge is -2.10. The number of aromatic carboxylic acids is 1. The zero-order valence-electron chi connectivity index (χ0n) is 24.6. The maximum atomic E-state index is 14.9. The third kappa shape index (κ3) is 6.73. The largest absolute Gasteiger partial charge is 0.476 e. The molecule has 2 heterocycles. The number of carboxylic acid groups (broad SMARTS) is 1. The Morgan fingerprint density at radius 2 is 1.87 bits per heavy atom. The number of thiazole rings is 1. The summed E-state index contributed by atoms with van der Waals surface area (Å²) in [6.45, 7) is 0. The van der Waals surface area contributed by atoms with Crippen LogP contribution in [0.5, 0.6) is 0 Å². The fraction of sp³-hybridized carbons (Fsp3) is 0.382. The maximum Gasteiger partial charge on any atom is 0.355 e. The van der Waals surface area contributed by atoms with Crippen LogP contribution in [0.1, 0.15) is 77.8 Å². The summed E-state index contributed by atoms with van der Waals surface area (Å²) < 4.78 is 40.4. The Morgan fingerprint density at radius 3 is 2.49 bits per heavy atom. The second-order valence-electron chi connectivity index (χ2n) is 12.5. The fourth-order valence-corrected chi connectivity index (χ4v) is 7.42. The Labute approximate surface area is 265 Å². The number of carboxylic acids is 1. The molecule has 0 spiro atoms. The van der Waals surface area contributed by atoms with E-state index in [1.165, 1.54) is 67.4 Å². The molecule has 0 atom stereocenters. The number of rotatable bonds is 11. The van der Waals surface area contributed by atoms with E-state index in [1.54, 1.807) is 10.7 Å². The Bertz CT molecular complexity index is 1950. The van der Waals surface area contributed by atoms with Crippen molar-refractivity contribution in [2.45, 2.75) is 62.7 Å². The zero-order valence-corrected chi connectivity index (χ0v) is 26.2. The van der Waals surface area contributed by atoms with Crippen molar-refractivity contribution in [2.75, 3.05) is 0 Å². The van der Waals surface area contributed by atoms with Gasteiger partial charge in [0.1, 0.15) is 10.7 Å². The lowest BCUT2D eigenvalue weighted by atomic mass is 9.95. The van der Waals surface area contributed by atoms with Gasteiger partial charge in [0, 0.05) is 34.4 Å². The minimum absolute atomic E-state index is 0.0550. The van der Waals surface area contributed by atoms with Gasteiger partial charge in [0.05, 0.1) is 11.4 Å². The van der Waals surface area contributed by atoms with Gasteiger partial charge in [-0.05, 0) is 86.1 Å². The number of sulfonamides is 1. The lowest BCUT2D eigenvalue weighted by molar-refractivity contribution is 0.0691. The van der Waals surface area contributed by atoms with E-state index in [4.69, 9.17) is 10.2 Å². The van der Waals surface area contributed by atoms with Gasteiger partial charge in [-0.15, -0.1) is 11.3 Å². The van der Waals surface area contributed by atoms with Crippen molar-refractivity contribution in [1.29, 1.82) is 0 Å². The molecule has 0 aliphatic heterocycles. The Hall–Kier alpha value is -3.85. The van der Waals surface area contributed by atoms with Crippen molar-refractivity contribution < 1.29 is 22.7 Å². The standard InChI is InChI=1S/C34H33FN4O4S2/c35-28-18-22(8-15-31(28)45(36,42)43)17-27-30(14-7-20-4-5-20)39(34-37-29(19-44-34)33(40)41)38-32(27)25-3-1-2-21(16-25)6-13-26(23-9-10-23)24-11-12-24/h1-3,8,15-16,18-20,23-24,26H,4-5,7,9-12,14,17H2,(H,40,41)(H2,36,42,43). The molecular weight excluding hydrogens is 612 g/mol. The topological polar surface area (TPSA) is 128 Å². The molecular formula is C34H33FN4O4S2. The van der Waals surface area contributed by atoms with Crippen LogP contribution >= 0.6 is 11.3 Å². The normalized spacial score (nSPS) is 16.5. The van der Waals surface area contributed by atoms with Crippen LogP contribution in [0.3, 0.4) is 0 Å². The van der Waals surface area contributed by atoms with E-state index >= 15 is 0 Å². The van der Waals surface area contributed by atoms with Crippen LogP contribution in [0.2, 0.25) is 0 Å². The van der Waals surface area contributed by atoms with Crippen molar-refractivity contribution in [2.24, 2.45) is 28.8 Å². The highest BCUT2D eigenvalue weighted by Crippen LogP contribution is 2.49. The molecule has 2 aromatic heterocycles. The Morgan fingerprint density at radius 1 is 1.11 bits per heavy atom. The molecule has 0 amide bonds. The Balaban J connectivity index is 1.33. The molecule has 3 saturated carbocycles. The predicted molar refractivity (Wildman–Crippen MR) is 169 cm³/mol. The third-order valence-corrected chi connectivity index (χ3v) is 10.7. The third-order valence-electron chi connectivity index (χ3n) is 8.93. The molecule has 45 heavy (non-hydrogen) atoms. The summed E-state index contributed by atoms with van der Waals surface area (Å²) in [5.74, 6) is 7.50. The number of halogens is 1. The first-order chi connectivity index (χ1) is 21.6. The monoisotopic (exact) mass is 644 g/mol. The number of hydrogen-bond donors (Lipinski definition) is 2. The fourth-order valence-electron chi connectivity index (χ4n) is 6.06. The van der Waals surface area contributed by atoms with E-state index in [0.717, 1.165) is 40.6 Å². The number of hydrogen-bond acceptors (Lipinski definition) is 6. The molecule has 4 aromatic rings. The second kappa shape index (κ2) is 11.8. The van der Waals surface area contributed by atoms with Gasteiger partial charge < -0.3 is 5.11 Å². The average molecular weight is 645 g/mol. The summed E-state index contributed by atoms with van der Waals surface area (Å²) >= 11 is 1.20. The van der Waals surface area contributed by atoms with Crippen LogP contribution < -0.4 is 5.14 Å². The van der Waals surface area contributed by atoms with Gasteiger partial charge in [-0.25, -0.2) is 32.4 Å². The average Bonchev–Trinajstić information content (AvgIpc) is 3.90. The molecule has 3 fully saturated rings. The number of aromatic nitrogens is 3. The molecule has 0 saturated heterocycles. The summed E-state index contributed by atoms with van der Waals surface area (Å²) in [7, 11) is -4.21. The SMILES string of the molecule is NS(=O)(=O)c1ccc(Cc2c(-c3cccc(C#CC(C4CC4)C4CC4)c3)nn(-c3nc(C(=O)O)cs3)c2CCC2CC2)cc1F. The molecule has 232 valence electrons. The van der Waals surface area contributed by atoms with Crippen molar-refractivity contribution >= 4 is 27.3 Å². The van der Waals surface area contributed by atoms with Crippen molar-refractivity contribution in [3.8, 4) is 28.2 Å². The van der Waals surface area contributed by atoms with Crippen molar-refractivity contribution in [3.05, 3.63) is 81.7 Å². The van der Waals surface area contributed by atoms with E-state index in [-0.39, 0.29) is 12.1 Å². The van der Waals surface area contributed by atoms with Crippen LogP contribution in [0, 0.1) is 41.3 Å². The molecule has 2 aromatic carbocycles. The molecule has 0 radical (unpaired) electrons. The van der Waals surface area contributed by atoms with E-state index in [9.17, 15) is 22.7 Å².